The van der Waals surface area contributed by atoms with Crippen molar-refractivity contribution in [2.75, 3.05) is 20.7 Å². The standard InChI is InChI=1S/C15H22N2O4.ClH/c1-17(10-6-9-13(16)14(18)20-2)15(19)21-11-12-7-4-3-5-8-12;/h3-5,7-8,13H,6,9-11,16H2,1-2H3;1H/t13-;/m0./s1. The number of hydrogen-bond donors (Lipinski definition) is 1. The number of carbonyl (C=O) groups excluding carboxylic acids is 2. The van der Waals surface area contributed by atoms with Crippen LogP contribution in [0, 0.1) is 0 Å². The second-order valence-electron chi connectivity index (χ2n) is 4.73. The minimum atomic E-state index is -0.649. The second kappa shape index (κ2) is 10.9. The normalized spacial score (nSPS) is 11.0. The molecule has 1 aromatic rings. The highest BCUT2D eigenvalue weighted by Gasteiger charge is 2.15. The molecule has 0 bridgehead atoms. The second-order valence-corrected chi connectivity index (χ2v) is 4.73. The summed E-state index contributed by atoms with van der Waals surface area (Å²) in [7, 11) is 2.95. The Morgan fingerprint density at radius 3 is 2.50 bits per heavy atom. The van der Waals surface area contributed by atoms with Gasteiger partial charge in [0.2, 0.25) is 0 Å². The average Bonchev–Trinajstić information content (AvgIpc) is 2.52. The molecule has 0 unspecified atom stereocenters. The highest BCUT2D eigenvalue weighted by Crippen LogP contribution is 2.04. The molecule has 22 heavy (non-hydrogen) atoms. The zero-order valence-corrected chi connectivity index (χ0v) is 13.7. The molecular formula is C15H23ClN2O4. The van der Waals surface area contributed by atoms with Crippen LogP contribution in [0.3, 0.4) is 0 Å². The molecule has 0 spiro atoms. The predicted molar refractivity (Wildman–Crippen MR) is 85.7 cm³/mol. The molecule has 0 saturated carbocycles. The number of ether oxygens (including phenoxy) is 2. The summed E-state index contributed by atoms with van der Waals surface area (Å²) < 4.78 is 9.72. The van der Waals surface area contributed by atoms with Crippen molar-refractivity contribution in [3.8, 4) is 0 Å². The van der Waals surface area contributed by atoms with Crippen molar-refractivity contribution in [3.63, 3.8) is 0 Å². The van der Waals surface area contributed by atoms with Crippen LogP contribution in [0.1, 0.15) is 18.4 Å². The molecular weight excluding hydrogens is 308 g/mol. The Morgan fingerprint density at radius 1 is 1.27 bits per heavy atom. The van der Waals surface area contributed by atoms with E-state index in [-0.39, 0.29) is 19.0 Å². The minimum absolute atomic E-state index is 0. The third kappa shape index (κ3) is 7.28. The number of rotatable bonds is 7. The van der Waals surface area contributed by atoms with Gasteiger partial charge in [-0.1, -0.05) is 30.3 Å². The number of hydrogen-bond acceptors (Lipinski definition) is 5. The van der Waals surface area contributed by atoms with Crippen molar-refractivity contribution in [1.82, 2.24) is 4.90 Å². The predicted octanol–water partition coefficient (Wildman–Crippen LogP) is 1.96. The van der Waals surface area contributed by atoms with Crippen LogP contribution in [0.2, 0.25) is 0 Å². The third-order valence-corrected chi connectivity index (χ3v) is 3.03. The first-order valence-corrected chi connectivity index (χ1v) is 6.79. The van der Waals surface area contributed by atoms with E-state index in [0.717, 1.165) is 5.56 Å². The van der Waals surface area contributed by atoms with Gasteiger partial charge in [-0.2, -0.15) is 0 Å². The fourth-order valence-corrected chi connectivity index (χ4v) is 1.74. The maximum atomic E-state index is 11.8. The maximum Gasteiger partial charge on any atom is 0.409 e. The number of halogens is 1. The fourth-order valence-electron chi connectivity index (χ4n) is 1.74. The van der Waals surface area contributed by atoms with Gasteiger partial charge in [-0.05, 0) is 18.4 Å². The zero-order chi connectivity index (χ0) is 15.7. The largest absolute Gasteiger partial charge is 0.468 e. The molecule has 124 valence electrons. The first kappa shape index (κ1) is 20.2. The summed E-state index contributed by atoms with van der Waals surface area (Å²) in [4.78, 5) is 24.4. The van der Waals surface area contributed by atoms with Gasteiger partial charge in [0.15, 0.2) is 0 Å². The molecule has 2 N–H and O–H groups in total. The molecule has 0 saturated heterocycles. The topological polar surface area (TPSA) is 81.9 Å². The van der Waals surface area contributed by atoms with E-state index in [1.807, 2.05) is 30.3 Å². The van der Waals surface area contributed by atoms with Crippen molar-refractivity contribution in [2.45, 2.75) is 25.5 Å². The molecule has 0 fully saturated rings. The third-order valence-electron chi connectivity index (χ3n) is 3.03. The summed E-state index contributed by atoms with van der Waals surface area (Å²) in [6.07, 6.45) is 0.668. The number of methoxy groups -OCH3 is 1. The molecule has 0 aliphatic rings. The molecule has 0 aromatic heterocycles. The monoisotopic (exact) mass is 330 g/mol. The average molecular weight is 331 g/mol. The summed E-state index contributed by atoms with van der Waals surface area (Å²) in [5, 5.41) is 0. The van der Waals surface area contributed by atoms with Crippen LogP contribution >= 0.6 is 12.4 Å². The molecule has 0 aliphatic heterocycles. The van der Waals surface area contributed by atoms with E-state index in [4.69, 9.17) is 10.5 Å². The molecule has 0 heterocycles. The summed E-state index contributed by atoms with van der Waals surface area (Å²) in [6.45, 7) is 0.712. The van der Waals surface area contributed by atoms with Crippen LogP contribution in [-0.4, -0.2) is 43.7 Å². The van der Waals surface area contributed by atoms with E-state index in [1.54, 1.807) is 7.05 Å². The number of esters is 1. The SMILES string of the molecule is COC(=O)[C@@H](N)CCCN(C)C(=O)OCc1ccccc1.Cl. The van der Waals surface area contributed by atoms with Crippen LogP contribution < -0.4 is 5.73 Å². The summed E-state index contributed by atoms with van der Waals surface area (Å²) in [5.41, 5.74) is 6.55. The molecule has 6 nitrogen and oxygen atoms in total. The van der Waals surface area contributed by atoms with Gasteiger partial charge in [0, 0.05) is 13.6 Å². The maximum absolute atomic E-state index is 11.8. The highest BCUT2D eigenvalue weighted by molar-refractivity contribution is 5.85. The Hall–Kier alpha value is -1.79. The Balaban J connectivity index is 0.00000441. The summed E-state index contributed by atoms with van der Waals surface area (Å²) in [6, 6.07) is 8.82. The first-order chi connectivity index (χ1) is 10.0. The lowest BCUT2D eigenvalue weighted by Gasteiger charge is -2.17. The van der Waals surface area contributed by atoms with E-state index in [2.05, 4.69) is 4.74 Å². The molecule has 0 radical (unpaired) electrons. The van der Waals surface area contributed by atoms with Gasteiger partial charge < -0.3 is 20.1 Å². The van der Waals surface area contributed by atoms with E-state index in [9.17, 15) is 9.59 Å². The lowest BCUT2D eigenvalue weighted by Crippen LogP contribution is -2.34. The first-order valence-electron chi connectivity index (χ1n) is 6.79. The molecule has 1 atom stereocenters. The summed E-state index contributed by atoms with van der Waals surface area (Å²) in [5.74, 6) is -0.440. The fraction of sp³-hybridized carbons (Fsp3) is 0.467. The molecule has 1 aromatic carbocycles. The van der Waals surface area contributed by atoms with Gasteiger partial charge in [0.1, 0.15) is 12.6 Å². The number of nitrogens with two attached hydrogens (primary N) is 1. The Kier molecular flexibility index (Phi) is 9.98. The molecule has 1 rings (SSSR count). The van der Waals surface area contributed by atoms with Crippen LogP contribution in [0.5, 0.6) is 0 Å². The van der Waals surface area contributed by atoms with Crippen LogP contribution in [0.15, 0.2) is 30.3 Å². The van der Waals surface area contributed by atoms with Crippen molar-refractivity contribution < 1.29 is 19.1 Å². The smallest absolute Gasteiger partial charge is 0.409 e. The Morgan fingerprint density at radius 2 is 1.91 bits per heavy atom. The number of nitrogens with zero attached hydrogens (tertiary/aromatic N) is 1. The van der Waals surface area contributed by atoms with E-state index in [0.29, 0.717) is 19.4 Å². The number of benzene rings is 1. The van der Waals surface area contributed by atoms with E-state index < -0.39 is 18.1 Å². The van der Waals surface area contributed by atoms with Crippen molar-refractivity contribution in [3.05, 3.63) is 35.9 Å². The van der Waals surface area contributed by atoms with E-state index >= 15 is 0 Å². The summed E-state index contributed by atoms with van der Waals surface area (Å²) >= 11 is 0. The van der Waals surface area contributed by atoms with Gasteiger partial charge in [0.05, 0.1) is 7.11 Å². The molecule has 7 heteroatoms. The van der Waals surface area contributed by atoms with Gasteiger partial charge in [-0.3, -0.25) is 4.79 Å². The molecule has 0 aliphatic carbocycles. The van der Waals surface area contributed by atoms with Crippen molar-refractivity contribution >= 4 is 24.5 Å². The molecule has 1 amide bonds. The van der Waals surface area contributed by atoms with Crippen LogP contribution in [0.4, 0.5) is 4.79 Å². The van der Waals surface area contributed by atoms with Gasteiger partial charge in [-0.15, -0.1) is 12.4 Å². The van der Waals surface area contributed by atoms with Crippen LogP contribution in [0.25, 0.3) is 0 Å². The van der Waals surface area contributed by atoms with Crippen molar-refractivity contribution in [2.24, 2.45) is 5.73 Å². The zero-order valence-electron chi connectivity index (χ0n) is 12.9. The lowest BCUT2D eigenvalue weighted by molar-refractivity contribution is -0.142. The minimum Gasteiger partial charge on any atom is -0.468 e. The van der Waals surface area contributed by atoms with Gasteiger partial charge >= 0.3 is 12.1 Å². The van der Waals surface area contributed by atoms with E-state index in [1.165, 1.54) is 12.0 Å². The highest BCUT2D eigenvalue weighted by atomic mass is 35.5. The lowest BCUT2D eigenvalue weighted by atomic mass is 10.1. The van der Waals surface area contributed by atoms with Gasteiger partial charge in [-0.25, -0.2) is 4.79 Å². The Labute approximate surface area is 137 Å². The van der Waals surface area contributed by atoms with Gasteiger partial charge in [0.25, 0.3) is 0 Å². The quantitative estimate of drug-likeness (QED) is 0.773. The number of carbonyl (C=O) groups is 2. The number of amides is 1. The van der Waals surface area contributed by atoms with Crippen molar-refractivity contribution in [1.29, 1.82) is 0 Å². The van der Waals surface area contributed by atoms with Crippen LogP contribution in [-0.2, 0) is 20.9 Å². The Bertz CT molecular complexity index is 456.